The first-order valence-corrected chi connectivity index (χ1v) is 5.93. The molecule has 2 aromatic rings. The van der Waals surface area contributed by atoms with Gasteiger partial charge in [0, 0.05) is 31.1 Å². The zero-order valence-corrected chi connectivity index (χ0v) is 10.0. The number of likely N-dealkylation sites (N-methyl/N-ethyl adjacent to an activating group) is 1. The molecule has 0 saturated carbocycles. The highest BCUT2D eigenvalue weighted by molar-refractivity contribution is 5.20. The lowest BCUT2D eigenvalue weighted by molar-refractivity contribution is 0.543. The Kier molecular flexibility index (Phi) is 4.22. The quantitative estimate of drug-likeness (QED) is 0.852. The van der Waals surface area contributed by atoms with Crippen molar-refractivity contribution in [3.05, 3.63) is 60.2 Å². The Hall–Kier alpha value is -1.74. The van der Waals surface area contributed by atoms with Gasteiger partial charge in [-0.3, -0.25) is 9.97 Å². The minimum Gasteiger partial charge on any atom is -0.310 e. The average molecular weight is 227 g/mol. The maximum atomic E-state index is 4.32. The maximum Gasteiger partial charge on any atom is 0.0605 e. The lowest BCUT2D eigenvalue weighted by Gasteiger charge is -2.17. The lowest BCUT2D eigenvalue weighted by atomic mass is 10.0. The number of nitrogens with zero attached hydrogens (tertiary/aromatic N) is 2. The van der Waals surface area contributed by atoms with Crippen LogP contribution in [0.25, 0.3) is 0 Å². The molecule has 0 aliphatic heterocycles. The van der Waals surface area contributed by atoms with E-state index in [-0.39, 0.29) is 0 Å². The van der Waals surface area contributed by atoms with Crippen LogP contribution >= 0.6 is 0 Å². The van der Waals surface area contributed by atoms with Crippen LogP contribution in [0.15, 0.2) is 48.9 Å². The molecule has 3 nitrogen and oxygen atoms in total. The van der Waals surface area contributed by atoms with Crippen molar-refractivity contribution in [2.75, 3.05) is 6.54 Å². The molecule has 0 spiro atoms. The van der Waals surface area contributed by atoms with Gasteiger partial charge in [0.05, 0.1) is 5.69 Å². The van der Waals surface area contributed by atoms with Crippen molar-refractivity contribution in [3.63, 3.8) is 0 Å². The summed E-state index contributed by atoms with van der Waals surface area (Å²) >= 11 is 0. The van der Waals surface area contributed by atoms with Gasteiger partial charge < -0.3 is 5.32 Å². The van der Waals surface area contributed by atoms with Gasteiger partial charge in [0.2, 0.25) is 0 Å². The number of aromatic nitrogens is 2. The molecule has 1 atom stereocenters. The van der Waals surface area contributed by atoms with Crippen LogP contribution in [0.2, 0.25) is 0 Å². The van der Waals surface area contributed by atoms with Crippen molar-refractivity contribution in [1.82, 2.24) is 15.3 Å². The van der Waals surface area contributed by atoms with Crippen molar-refractivity contribution in [2.45, 2.75) is 19.4 Å². The van der Waals surface area contributed by atoms with E-state index in [1.54, 1.807) is 12.4 Å². The summed E-state index contributed by atoms with van der Waals surface area (Å²) in [6.45, 7) is 3.06. The minimum atomic E-state index is 0.304. The Morgan fingerprint density at radius 3 is 2.65 bits per heavy atom. The zero-order valence-electron chi connectivity index (χ0n) is 10.0. The zero-order chi connectivity index (χ0) is 11.9. The van der Waals surface area contributed by atoms with E-state index in [4.69, 9.17) is 0 Å². The molecule has 3 heteroatoms. The minimum absolute atomic E-state index is 0.304. The summed E-state index contributed by atoms with van der Waals surface area (Å²) in [7, 11) is 0. The van der Waals surface area contributed by atoms with Gasteiger partial charge in [-0.1, -0.05) is 37.3 Å². The second-order valence-electron chi connectivity index (χ2n) is 3.92. The van der Waals surface area contributed by atoms with Crippen LogP contribution in [0, 0.1) is 0 Å². The van der Waals surface area contributed by atoms with E-state index in [9.17, 15) is 0 Å². The van der Waals surface area contributed by atoms with E-state index in [2.05, 4.69) is 46.5 Å². The molecule has 0 aliphatic rings. The molecule has 88 valence electrons. The van der Waals surface area contributed by atoms with Crippen molar-refractivity contribution >= 4 is 0 Å². The third-order valence-electron chi connectivity index (χ3n) is 2.68. The molecular weight excluding hydrogens is 210 g/mol. The molecule has 0 aliphatic carbocycles. The number of rotatable bonds is 5. The third kappa shape index (κ3) is 3.36. The fraction of sp³-hybridized carbons (Fsp3) is 0.286. The first-order chi connectivity index (χ1) is 8.40. The molecule has 0 fully saturated rings. The lowest BCUT2D eigenvalue weighted by Crippen LogP contribution is -2.23. The van der Waals surface area contributed by atoms with Crippen LogP contribution in [0.3, 0.4) is 0 Å². The first-order valence-electron chi connectivity index (χ1n) is 5.93. The van der Waals surface area contributed by atoms with E-state index >= 15 is 0 Å². The second kappa shape index (κ2) is 6.11. The Morgan fingerprint density at radius 1 is 1.18 bits per heavy atom. The highest BCUT2D eigenvalue weighted by atomic mass is 14.9. The molecule has 1 N–H and O–H groups in total. The third-order valence-corrected chi connectivity index (χ3v) is 2.68. The molecule has 0 amide bonds. The summed E-state index contributed by atoms with van der Waals surface area (Å²) in [5, 5.41) is 3.48. The van der Waals surface area contributed by atoms with Crippen molar-refractivity contribution in [2.24, 2.45) is 0 Å². The largest absolute Gasteiger partial charge is 0.310 e. The molecule has 1 unspecified atom stereocenters. The first kappa shape index (κ1) is 11.7. The topological polar surface area (TPSA) is 37.8 Å². The van der Waals surface area contributed by atoms with Crippen LogP contribution < -0.4 is 5.32 Å². The normalized spacial score (nSPS) is 12.3. The second-order valence-corrected chi connectivity index (χ2v) is 3.92. The molecule has 1 aromatic heterocycles. The van der Waals surface area contributed by atoms with Crippen LogP contribution in [-0.2, 0) is 6.42 Å². The van der Waals surface area contributed by atoms with E-state index in [1.165, 1.54) is 5.56 Å². The maximum absolute atomic E-state index is 4.32. The van der Waals surface area contributed by atoms with Gasteiger partial charge in [-0.05, 0) is 12.1 Å². The molecule has 0 radical (unpaired) electrons. The Morgan fingerprint density at radius 2 is 2.00 bits per heavy atom. The Balaban J connectivity index is 2.13. The number of hydrogen-bond acceptors (Lipinski definition) is 3. The average Bonchev–Trinajstić information content (AvgIpc) is 2.40. The Bertz CT molecular complexity index is 428. The van der Waals surface area contributed by atoms with Crippen molar-refractivity contribution in [1.29, 1.82) is 0 Å². The summed E-state index contributed by atoms with van der Waals surface area (Å²) < 4.78 is 0. The molecule has 17 heavy (non-hydrogen) atoms. The van der Waals surface area contributed by atoms with E-state index in [1.807, 2.05) is 12.3 Å². The van der Waals surface area contributed by atoms with E-state index < -0.39 is 0 Å². The molecular formula is C14H17N3. The predicted octanol–water partition coefficient (Wildman–Crippen LogP) is 2.37. The molecule has 1 aromatic carbocycles. The number of benzene rings is 1. The van der Waals surface area contributed by atoms with Crippen LogP contribution in [0.4, 0.5) is 0 Å². The predicted molar refractivity (Wildman–Crippen MR) is 68.6 cm³/mol. The molecule has 0 saturated heterocycles. The number of nitrogens with one attached hydrogen (secondary N) is 1. The fourth-order valence-corrected chi connectivity index (χ4v) is 1.88. The monoisotopic (exact) mass is 227 g/mol. The van der Waals surface area contributed by atoms with Crippen molar-refractivity contribution in [3.8, 4) is 0 Å². The summed E-state index contributed by atoms with van der Waals surface area (Å²) in [4.78, 5) is 8.43. The van der Waals surface area contributed by atoms with Gasteiger partial charge in [0.1, 0.15) is 0 Å². The molecule has 1 heterocycles. The van der Waals surface area contributed by atoms with Crippen LogP contribution in [-0.4, -0.2) is 16.5 Å². The SMILES string of the molecule is CCNC(Cc1cnccn1)c1ccccc1. The number of hydrogen-bond donors (Lipinski definition) is 1. The summed E-state index contributed by atoms with van der Waals surface area (Å²) in [6, 6.07) is 10.8. The van der Waals surface area contributed by atoms with Gasteiger partial charge in [0.25, 0.3) is 0 Å². The fourth-order valence-electron chi connectivity index (χ4n) is 1.88. The van der Waals surface area contributed by atoms with E-state index in [0.29, 0.717) is 6.04 Å². The van der Waals surface area contributed by atoms with Crippen LogP contribution in [0.1, 0.15) is 24.2 Å². The van der Waals surface area contributed by atoms with E-state index in [0.717, 1.165) is 18.7 Å². The standard InChI is InChI=1S/C14H17N3/c1-2-16-14(12-6-4-3-5-7-12)10-13-11-15-8-9-17-13/h3-9,11,14,16H,2,10H2,1H3. The van der Waals surface area contributed by atoms with Gasteiger partial charge in [-0.15, -0.1) is 0 Å². The highest BCUT2D eigenvalue weighted by Crippen LogP contribution is 2.16. The van der Waals surface area contributed by atoms with Crippen LogP contribution in [0.5, 0.6) is 0 Å². The Labute approximate surface area is 102 Å². The summed E-state index contributed by atoms with van der Waals surface area (Å²) in [5.74, 6) is 0. The molecule has 2 rings (SSSR count). The summed E-state index contributed by atoms with van der Waals surface area (Å²) in [6.07, 6.45) is 6.14. The summed E-state index contributed by atoms with van der Waals surface area (Å²) in [5.41, 5.74) is 2.31. The molecule has 0 bridgehead atoms. The van der Waals surface area contributed by atoms with Gasteiger partial charge in [0.15, 0.2) is 0 Å². The van der Waals surface area contributed by atoms with Gasteiger partial charge in [-0.25, -0.2) is 0 Å². The van der Waals surface area contributed by atoms with Gasteiger partial charge in [-0.2, -0.15) is 0 Å². The van der Waals surface area contributed by atoms with Gasteiger partial charge >= 0.3 is 0 Å². The highest BCUT2D eigenvalue weighted by Gasteiger charge is 2.11. The smallest absolute Gasteiger partial charge is 0.0605 e. The van der Waals surface area contributed by atoms with Crippen molar-refractivity contribution < 1.29 is 0 Å².